The number of hydrogen-bond acceptors (Lipinski definition) is 7. The van der Waals surface area contributed by atoms with Crippen molar-refractivity contribution >= 4 is 5.97 Å². The van der Waals surface area contributed by atoms with Gasteiger partial charge in [-0.05, 0) is 30.2 Å². The molecule has 1 fully saturated rings. The Kier molecular flexibility index (Phi) is 8.40. The van der Waals surface area contributed by atoms with Crippen molar-refractivity contribution in [2.24, 2.45) is 5.11 Å². The third kappa shape index (κ3) is 6.27. The molecule has 1 aliphatic rings. The zero-order valence-corrected chi connectivity index (χ0v) is 17.1. The number of azide groups is 1. The van der Waals surface area contributed by atoms with Crippen molar-refractivity contribution in [3.63, 3.8) is 0 Å². The third-order valence-electron chi connectivity index (χ3n) is 4.83. The van der Waals surface area contributed by atoms with E-state index in [0.717, 1.165) is 5.56 Å². The molecule has 1 aliphatic heterocycles. The molecule has 0 radical (unpaired) electrons. The first kappa shape index (κ1) is 22.7. The summed E-state index contributed by atoms with van der Waals surface area (Å²) in [5.41, 5.74) is 9.69. The Morgan fingerprint density at radius 1 is 1.10 bits per heavy atom. The van der Waals surface area contributed by atoms with Crippen LogP contribution in [0.4, 0.5) is 0 Å². The molecule has 5 atom stereocenters. The topological polar surface area (TPSA) is 123 Å². The summed E-state index contributed by atoms with van der Waals surface area (Å²) in [7, 11) is 0. The first-order valence-corrected chi connectivity index (χ1v) is 9.97. The number of nitrogens with zero attached hydrogens (tertiary/aromatic N) is 3. The molecule has 31 heavy (non-hydrogen) atoms. The minimum Gasteiger partial charge on any atom is -0.453 e. The van der Waals surface area contributed by atoms with Crippen LogP contribution in [0.15, 0.2) is 65.8 Å². The maximum Gasteiger partial charge on any atom is 0.338 e. The lowest BCUT2D eigenvalue weighted by molar-refractivity contribution is -0.303. The maximum absolute atomic E-state index is 12.5. The van der Waals surface area contributed by atoms with Gasteiger partial charge in [-0.1, -0.05) is 53.6 Å². The summed E-state index contributed by atoms with van der Waals surface area (Å²) in [6.07, 6.45) is -4.64. The highest BCUT2D eigenvalue weighted by Crippen LogP contribution is 2.28. The second-order valence-corrected chi connectivity index (χ2v) is 7.02. The predicted molar refractivity (Wildman–Crippen MR) is 111 cm³/mol. The predicted octanol–water partition coefficient (Wildman–Crippen LogP) is 3.23. The van der Waals surface area contributed by atoms with Crippen LogP contribution in [0.5, 0.6) is 0 Å². The number of carbonyl (C=O) groups excluding carboxylic acids is 1. The van der Waals surface area contributed by atoms with Crippen LogP contribution in [0.2, 0.25) is 0 Å². The van der Waals surface area contributed by atoms with Crippen LogP contribution in [0.3, 0.4) is 0 Å². The van der Waals surface area contributed by atoms with Crippen LogP contribution in [0.1, 0.15) is 22.8 Å². The van der Waals surface area contributed by atoms with Crippen LogP contribution in [-0.4, -0.2) is 54.9 Å². The van der Waals surface area contributed by atoms with Gasteiger partial charge in [-0.25, -0.2) is 4.79 Å². The van der Waals surface area contributed by atoms with Crippen molar-refractivity contribution in [3.8, 4) is 0 Å². The van der Waals surface area contributed by atoms with Gasteiger partial charge in [0.05, 0.1) is 24.9 Å². The number of esters is 1. The number of rotatable bonds is 9. The monoisotopic (exact) mass is 427 g/mol. The third-order valence-corrected chi connectivity index (χ3v) is 4.83. The zero-order valence-electron chi connectivity index (χ0n) is 17.1. The molecule has 3 rings (SSSR count). The number of benzene rings is 2. The number of aliphatic hydroxyl groups excluding tert-OH is 1. The Bertz CT molecular complexity index is 875. The average molecular weight is 427 g/mol. The highest BCUT2D eigenvalue weighted by Gasteiger charge is 2.47. The van der Waals surface area contributed by atoms with E-state index in [0.29, 0.717) is 5.56 Å². The van der Waals surface area contributed by atoms with Crippen LogP contribution in [0.25, 0.3) is 10.4 Å². The molecule has 1 N–H and O–H groups in total. The maximum atomic E-state index is 12.5. The van der Waals surface area contributed by atoms with E-state index in [-0.39, 0.29) is 19.8 Å². The Labute approximate surface area is 180 Å². The molecule has 2 aromatic rings. The Balaban J connectivity index is 1.71. The lowest BCUT2D eigenvalue weighted by atomic mass is 9.99. The van der Waals surface area contributed by atoms with Crippen molar-refractivity contribution in [2.45, 2.75) is 44.2 Å². The van der Waals surface area contributed by atoms with E-state index in [9.17, 15) is 9.90 Å². The second kappa shape index (κ2) is 11.5. The minimum atomic E-state index is -1.19. The van der Waals surface area contributed by atoms with E-state index in [2.05, 4.69) is 10.0 Å². The molecule has 0 saturated carbocycles. The van der Waals surface area contributed by atoms with Gasteiger partial charge in [0.1, 0.15) is 12.2 Å². The summed E-state index contributed by atoms with van der Waals surface area (Å²) < 4.78 is 23.0. The summed E-state index contributed by atoms with van der Waals surface area (Å²) in [6.45, 7) is 2.09. The van der Waals surface area contributed by atoms with Gasteiger partial charge in [-0.2, -0.15) is 0 Å². The summed E-state index contributed by atoms with van der Waals surface area (Å²) in [5, 5.41) is 14.4. The van der Waals surface area contributed by atoms with Crippen molar-refractivity contribution in [1.82, 2.24) is 0 Å². The molecule has 9 nitrogen and oxygen atoms in total. The first-order valence-electron chi connectivity index (χ1n) is 9.97. The van der Waals surface area contributed by atoms with Gasteiger partial charge < -0.3 is 24.1 Å². The molecule has 0 spiro atoms. The van der Waals surface area contributed by atoms with Crippen molar-refractivity contribution < 1.29 is 28.8 Å². The summed E-state index contributed by atoms with van der Waals surface area (Å²) in [6, 6.07) is 18.0. The molecule has 164 valence electrons. The minimum absolute atomic E-state index is 0.0911. The van der Waals surface area contributed by atoms with E-state index in [1.54, 1.807) is 37.3 Å². The fourth-order valence-corrected chi connectivity index (χ4v) is 3.26. The molecule has 2 aromatic carbocycles. The van der Waals surface area contributed by atoms with E-state index < -0.39 is 36.7 Å². The quantitative estimate of drug-likeness (QED) is 0.215. The van der Waals surface area contributed by atoms with Gasteiger partial charge in [-0.3, -0.25) is 0 Å². The highest BCUT2D eigenvalue weighted by atomic mass is 16.7. The molecule has 1 heterocycles. The molecule has 1 saturated heterocycles. The lowest BCUT2D eigenvalue weighted by Gasteiger charge is -2.42. The van der Waals surface area contributed by atoms with Gasteiger partial charge >= 0.3 is 5.97 Å². The average Bonchev–Trinajstić information content (AvgIpc) is 2.80. The van der Waals surface area contributed by atoms with Gasteiger partial charge in [0.15, 0.2) is 12.4 Å². The smallest absolute Gasteiger partial charge is 0.338 e. The molecule has 0 aliphatic carbocycles. The molecular weight excluding hydrogens is 402 g/mol. The Morgan fingerprint density at radius 2 is 1.77 bits per heavy atom. The van der Waals surface area contributed by atoms with Gasteiger partial charge in [0.2, 0.25) is 0 Å². The molecule has 0 bridgehead atoms. The number of carbonyl (C=O) groups is 1. The zero-order chi connectivity index (χ0) is 22.1. The highest BCUT2D eigenvalue weighted by molar-refractivity contribution is 5.89. The number of ether oxygens (including phenoxy) is 4. The van der Waals surface area contributed by atoms with E-state index in [4.69, 9.17) is 24.5 Å². The van der Waals surface area contributed by atoms with E-state index in [1.165, 1.54) is 0 Å². The first-order chi connectivity index (χ1) is 15.1. The largest absolute Gasteiger partial charge is 0.453 e. The molecule has 9 heteroatoms. The van der Waals surface area contributed by atoms with Crippen molar-refractivity contribution in [3.05, 3.63) is 82.2 Å². The van der Waals surface area contributed by atoms with Crippen LogP contribution >= 0.6 is 0 Å². The summed E-state index contributed by atoms with van der Waals surface area (Å²) in [4.78, 5) is 15.2. The molecule has 3 unspecified atom stereocenters. The standard InChI is InChI=1S/C22H25N3O6/c1-15-19(31-21(27)17-10-6-3-7-11-17)18(26)20(22(30-15)28-13-12-24-25-23)29-14-16-8-4-2-5-9-16/h2-11,15,18-20,22,26H,12-14H2,1H3/t15?,18?,19-,20?,22-/m1/s1. The van der Waals surface area contributed by atoms with Gasteiger partial charge in [-0.15, -0.1) is 0 Å². The van der Waals surface area contributed by atoms with E-state index >= 15 is 0 Å². The van der Waals surface area contributed by atoms with Crippen LogP contribution in [0, 0.1) is 0 Å². The number of hydrogen-bond donors (Lipinski definition) is 1. The van der Waals surface area contributed by atoms with E-state index in [1.807, 2.05) is 30.3 Å². The van der Waals surface area contributed by atoms with Crippen LogP contribution in [-0.2, 0) is 25.6 Å². The summed E-state index contributed by atoms with van der Waals surface area (Å²) >= 11 is 0. The molecular formula is C22H25N3O6. The molecule has 0 aromatic heterocycles. The fourth-order valence-electron chi connectivity index (χ4n) is 3.26. The second-order valence-electron chi connectivity index (χ2n) is 7.02. The van der Waals surface area contributed by atoms with Gasteiger partial charge in [0.25, 0.3) is 0 Å². The Morgan fingerprint density at radius 3 is 2.45 bits per heavy atom. The normalized spacial score (nSPS) is 25.4. The lowest BCUT2D eigenvalue weighted by Crippen LogP contribution is -2.59. The Hall–Kier alpha value is -2.94. The van der Waals surface area contributed by atoms with Crippen molar-refractivity contribution in [1.29, 1.82) is 0 Å². The number of aliphatic hydroxyl groups is 1. The molecule has 0 amide bonds. The summed E-state index contributed by atoms with van der Waals surface area (Å²) in [5.74, 6) is -0.565. The SMILES string of the molecule is CC1O[C@@H](OCCN=[N+]=[N-])C(OCc2ccccc2)C(O)[C@@H]1OC(=O)c1ccccc1. The van der Waals surface area contributed by atoms with Crippen LogP contribution < -0.4 is 0 Å². The fraction of sp³-hybridized carbons (Fsp3) is 0.409. The van der Waals surface area contributed by atoms with Gasteiger partial charge in [0, 0.05) is 11.5 Å². The van der Waals surface area contributed by atoms with Crippen molar-refractivity contribution in [2.75, 3.05) is 13.2 Å².